The van der Waals surface area contributed by atoms with Crippen molar-refractivity contribution in [2.45, 2.75) is 0 Å². The highest BCUT2D eigenvalue weighted by Gasteiger charge is 2.10. The summed E-state index contributed by atoms with van der Waals surface area (Å²) in [5, 5.41) is 6.69. The third-order valence-electron chi connectivity index (χ3n) is 3.88. The van der Waals surface area contributed by atoms with E-state index in [4.69, 9.17) is 0 Å². The maximum absolute atomic E-state index is 11.8. The van der Waals surface area contributed by atoms with Gasteiger partial charge in [0.2, 0.25) is 0 Å². The van der Waals surface area contributed by atoms with Crippen LogP contribution in [-0.2, 0) is 0 Å². The second kappa shape index (κ2) is 6.00. The van der Waals surface area contributed by atoms with Crippen molar-refractivity contribution >= 4 is 34.1 Å². The molecule has 0 bridgehead atoms. The van der Waals surface area contributed by atoms with Gasteiger partial charge >= 0.3 is 6.03 Å². The van der Waals surface area contributed by atoms with Crippen LogP contribution in [0.4, 0.5) is 22.0 Å². The van der Waals surface area contributed by atoms with Crippen LogP contribution in [0, 0.1) is 0 Å². The molecule has 23 heavy (non-hydrogen) atoms. The predicted molar refractivity (Wildman–Crippen MR) is 93.6 cm³/mol. The summed E-state index contributed by atoms with van der Waals surface area (Å²) in [5.41, 5.74) is 2.96. The van der Waals surface area contributed by atoms with Crippen LogP contribution in [0.1, 0.15) is 0 Å². The minimum Gasteiger partial charge on any atom is -0.373 e. The smallest absolute Gasteiger partial charge is 0.325 e. The number of rotatable bonds is 3. The fraction of sp³-hybridized carbons (Fsp3) is 0.176. The van der Waals surface area contributed by atoms with Crippen LogP contribution in [0.3, 0.4) is 0 Å². The van der Waals surface area contributed by atoms with Crippen molar-refractivity contribution in [3.63, 3.8) is 0 Å². The molecule has 1 aromatic carbocycles. The first-order valence-electron chi connectivity index (χ1n) is 7.35. The Balaban J connectivity index is 1.98. The Kier molecular flexibility index (Phi) is 3.89. The first kappa shape index (κ1) is 14.9. The third kappa shape index (κ3) is 2.70. The van der Waals surface area contributed by atoms with Gasteiger partial charge in [-0.2, -0.15) is 0 Å². The van der Waals surface area contributed by atoms with Gasteiger partial charge in [-0.25, -0.2) is 9.78 Å². The average molecular weight is 309 g/mol. The number of carbonyl (C=O) groups is 1. The van der Waals surface area contributed by atoms with E-state index in [0.717, 1.165) is 28.1 Å². The fourth-order valence-electron chi connectivity index (χ4n) is 2.55. The maximum atomic E-state index is 11.8. The van der Waals surface area contributed by atoms with Gasteiger partial charge in [0.1, 0.15) is 5.82 Å². The Hall–Kier alpha value is -3.02. The van der Waals surface area contributed by atoms with Gasteiger partial charge in [0, 0.05) is 56.4 Å². The molecule has 6 nitrogen and oxygen atoms in total. The minimum absolute atomic E-state index is 0.145. The van der Waals surface area contributed by atoms with Crippen molar-refractivity contribution < 1.29 is 4.79 Å². The number of hydrogen-bond donors (Lipinski definition) is 2. The van der Waals surface area contributed by atoms with Crippen LogP contribution < -0.4 is 15.5 Å². The number of pyridine rings is 1. The average Bonchev–Trinajstić information content (AvgIpc) is 3.03. The Bertz CT molecular complexity index is 855. The molecule has 6 heteroatoms. The largest absolute Gasteiger partial charge is 0.373 e. The monoisotopic (exact) mass is 309 g/mol. The van der Waals surface area contributed by atoms with Crippen molar-refractivity contribution in [2.75, 3.05) is 31.4 Å². The predicted octanol–water partition coefficient (Wildman–Crippen LogP) is 3.03. The lowest BCUT2D eigenvalue weighted by atomic mass is 10.2. The summed E-state index contributed by atoms with van der Waals surface area (Å²) in [6.07, 6.45) is 3.55. The first-order chi connectivity index (χ1) is 11.1. The van der Waals surface area contributed by atoms with Gasteiger partial charge in [0.25, 0.3) is 0 Å². The van der Waals surface area contributed by atoms with E-state index in [-0.39, 0.29) is 6.03 Å². The van der Waals surface area contributed by atoms with E-state index in [1.807, 2.05) is 44.4 Å². The van der Waals surface area contributed by atoms with Crippen molar-refractivity contribution in [1.29, 1.82) is 0 Å². The zero-order valence-electron chi connectivity index (χ0n) is 13.4. The molecule has 0 spiro atoms. The number of anilines is 3. The normalized spacial score (nSPS) is 10.6. The van der Waals surface area contributed by atoms with E-state index >= 15 is 0 Å². The number of benzene rings is 1. The lowest BCUT2D eigenvalue weighted by Crippen LogP contribution is -2.23. The Morgan fingerprint density at radius 3 is 2.65 bits per heavy atom. The molecule has 2 aromatic heterocycles. The fourth-order valence-corrected chi connectivity index (χ4v) is 2.55. The molecule has 0 saturated heterocycles. The molecular weight excluding hydrogens is 290 g/mol. The molecule has 3 rings (SSSR count). The van der Waals surface area contributed by atoms with Crippen LogP contribution in [0.2, 0.25) is 0 Å². The standard InChI is InChI=1S/C17H19N5O/c1-18-16-11-14(6-8-20-16)21(3)13-4-5-15-12(10-13)7-9-22(15)17(23)19-2/h4-11H,1-3H3,(H,18,20)(H,19,23). The van der Waals surface area contributed by atoms with Crippen LogP contribution in [0.15, 0.2) is 48.8 Å². The highest BCUT2D eigenvalue weighted by Crippen LogP contribution is 2.28. The summed E-state index contributed by atoms with van der Waals surface area (Å²) in [4.78, 5) is 18.1. The lowest BCUT2D eigenvalue weighted by molar-refractivity contribution is 0.245. The van der Waals surface area contributed by atoms with Gasteiger partial charge in [-0.1, -0.05) is 0 Å². The molecular formula is C17H19N5O. The van der Waals surface area contributed by atoms with E-state index in [2.05, 4.69) is 26.6 Å². The molecule has 3 aromatic rings. The van der Waals surface area contributed by atoms with E-state index in [0.29, 0.717) is 0 Å². The molecule has 0 aliphatic rings. The highest BCUT2D eigenvalue weighted by molar-refractivity contribution is 5.93. The number of carbonyl (C=O) groups excluding carboxylic acids is 1. The molecule has 0 radical (unpaired) electrons. The van der Waals surface area contributed by atoms with Crippen LogP contribution >= 0.6 is 0 Å². The molecule has 1 amide bonds. The second-order valence-electron chi connectivity index (χ2n) is 5.19. The quantitative estimate of drug-likeness (QED) is 0.780. The summed E-state index contributed by atoms with van der Waals surface area (Å²) in [5.74, 6) is 0.821. The summed E-state index contributed by atoms with van der Waals surface area (Å²) >= 11 is 0. The number of fused-ring (bicyclic) bond motifs is 1. The SMILES string of the molecule is CNC(=O)n1ccc2cc(N(C)c3ccnc(NC)c3)ccc21. The first-order valence-corrected chi connectivity index (χ1v) is 7.35. The molecule has 2 heterocycles. The minimum atomic E-state index is -0.145. The molecule has 0 unspecified atom stereocenters. The Morgan fingerprint density at radius 1 is 1.13 bits per heavy atom. The highest BCUT2D eigenvalue weighted by atomic mass is 16.2. The molecule has 0 saturated carbocycles. The molecule has 0 atom stereocenters. The second-order valence-corrected chi connectivity index (χ2v) is 5.19. The number of aromatic nitrogens is 2. The zero-order chi connectivity index (χ0) is 16.4. The van der Waals surface area contributed by atoms with Crippen LogP contribution in [0.5, 0.6) is 0 Å². The topological polar surface area (TPSA) is 62.2 Å². The van der Waals surface area contributed by atoms with Crippen LogP contribution in [0.25, 0.3) is 10.9 Å². The van der Waals surface area contributed by atoms with E-state index < -0.39 is 0 Å². The lowest BCUT2D eigenvalue weighted by Gasteiger charge is -2.20. The van der Waals surface area contributed by atoms with Crippen molar-refractivity contribution in [3.8, 4) is 0 Å². The third-order valence-corrected chi connectivity index (χ3v) is 3.88. The maximum Gasteiger partial charge on any atom is 0.325 e. The molecule has 0 aliphatic carbocycles. The molecule has 118 valence electrons. The van der Waals surface area contributed by atoms with Crippen molar-refractivity contribution in [1.82, 2.24) is 14.9 Å². The van der Waals surface area contributed by atoms with Crippen molar-refractivity contribution in [3.05, 3.63) is 48.8 Å². The number of amides is 1. The van der Waals surface area contributed by atoms with Gasteiger partial charge < -0.3 is 15.5 Å². The Morgan fingerprint density at radius 2 is 1.91 bits per heavy atom. The molecule has 0 fully saturated rings. The van der Waals surface area contributed by atoms with Gasteiger partial charge in [-0.15, -0.1) is 0 Å². The summed E-state index contributed by atoms with van der Waals surface area (Å²) in [6.45, 7) is 0. The summed E-state index contributed by atoms with van der Waals surface area (Å²) in [7, 11) is 5.48. The number of nitrogens with one attached hydrogen (secondary N) is 2. The molecule has 0 aliphatic heterocycles. The van der Waals surface area contributed by atoms with Gasteiger partial charge in [0.15, 0.2) is 0 Å². The van der Waals surface area contributed by atoms with Crippen molar-refractivity contribution in [2.24, 2.45) is 0 Å². The zero-order valence-corrected chi connectivity index (χ0v) is 13.4. The van der Waals surface area contributed by atoms with Gasteiger partial charge in [-0.05, 0) is 30.3 Å². The molecule has 2 N–H and O–H groups in total. The van der Waals surface area contributed by atoms with E-state index in [1.165, 1.54) is 0 Å². The van der Waals surface area contributed by atoms with Gasteiger partial charge in [-0.3, -0.25) is 4.57 Å². The van der Waals surface area contributed by atoms with E-state index in [9.17, 15) is 4.79 Å². The number of hydrogen-bond acceptors (Lipinski definition) is 4. The van der Waals surface area contributed by atoms with Gasteiger partial charge in [0.05, 0.1) is 5.52 Å². The van der Waals surface area contributed by atoms with E-state index in [1.54, 1.807) is 24.0 Å². The summed E-state index contributed by atoms with van der Waals surface area (Å²) in [6, 6.07) is 11.8. The van der Waals surface area contributed by atoms with Crippen LogP contribution in [-0.4, -0.2) is 36.7 Å². The summed E-state index contributed by atoms with van der Waals surface area (Å²) < 4.78 is 1.60. The number of nitrogens with zero attached hydrogens (tertiary/aromatic N) is 3. The Labute approximate surface area is 134 Å².